The molecule has 7 nitrogen and oxygen atoms in total. The number of carbonyl (C=O) groups is 1. The number of rotatable bonds is 6. The summed E-state index contributed by atoms with van der Waals surface area (Å²) in [6, 6.07) is 12.9. The van der Waals surface area contributed by atoms with Gasteiger partial charge in [-0.25, -0.2) is 4.98 Å². The van der Waals surface area contributed by atoms with Crippen LogP contribution in [0.1, 0.15) is 37.9 Å². The molecule has 0 saturated carbocycles. The predicted molar refractivity (Wildman–Crippen MR) is 123 cm³/mol. The van der Waals surface area contributed by atoms with E-state index in [1.54, 1.807) is 6.20 Å². The molecule has 6 rings (SSSR count). The van der Waals surface area contributed by atoms with E-state index in [2.05, 4.69) is 20.9 Å². The molecule has 2 bridgehead atoms. The fraction of sp³-hybridized carbons (Fsp3) is 0.375. The molecule has 32 heavy (non-hydrogen) atoms. The molecular formula is C24H24N4O3S. The average Bonchev–Trinajstić information content (AvgIpc) is 3.41. The van der Waals surface area contributed by atoms with Crippen LogP contribution in [0.5, 0.6) is 10.9 Å². The second kappa shape index (κ2) is 7.86. The summed E-state index contributed by atoms with van der Waals surface area (Å²) in [6.45, 7) is 0.799. The summed E-state index contributed by atoms with van der Waals surface area (Å²) >= 11 is 1.48. The van der Waals surface area contributed by atoms with Crippen LogP contribution in [0.3, 0.4) is 0 Å². The van der Waals surface area contributed by atoms with Gasteiger partial charge in [-0.15, -0.1) is 0 Å². The van der Waals surface area contributed by atoms with Crippen LogP contribution in [0.25, 0.3) is 21.3 Å². The van der Waals surface area contributed by atoms with E-state index in [0.29, 0.717) is 41.0 Å². The minimum atomic E-state index is -0.180. The highest BCUT2D eigenvalue weighted by atomic mass is 32.1. The number of aromatic nitrogens is 2. The first kappa shape index (κ1) is 19.7. The number of hydrogen-bond acceptors (Lipinski definition) is 7. The van der Waals surface area contributed by atoms with Gasteiger partial charge in [0.05, 0.1) is 11.2 Å². The fourth-order valence-corrected chi connectivity index (χ4v) is 6.17. The van der Waals surface area contributed by atoms with Crippen LogP contribution in [0.2, 0.25) is 0 Å². The number of pyridine rings is 1. The van der Waals surface area contributed by atoms with Gasteiger partial charge in [0.2, 0.25) is 5.91 Å². The number of furan rings is 1. The van der Waals surface area contributed by atoms with E-state index in [0.717, 1.165) is 40.8 Å². The molecule has 2 saturated heterocycles. The van der Waals surface area contributed by atoms with Crippen molar-refractivity contribution < 1.29 is 13.9 Å². The summed E-state index contributed by atoms with van der Waals surface area (Å²) in [5.74, 6) is 1.91. The lowest BCUT2D eigenvalue weighted by Crippen LogP contribution is -2.42. The number of carbonyl (C=O) groups excluding carboxylic acids is 1. The normalized spacial score (nSPS) is 23.2. The molecule has 1 aromatic carbocycles. The first-order valence-electron chi connectivity index (χ1n) is 11.1. The molecule has 8 heteroatoms. The van der Waals surface area contributed by atoms with E-state index in [-0.39, 0.29) is 5.91 Å². The topological polar surface area (TPSA) is 94.5 Å². The SMILES string of the molecule is NC(=O)CC1C[C@H]2CC[C@@H](C1)N2Cc1cc2ccc(Oc3nc4ncccc4s3)cc2o1. The van der Waals surface area contributed by atoms with Crippen molar-refractivity contribution in [2.24, 2.45) is 11.7 Å². The quantitative estimate of drug-likeness (QED) is 0.453. The van der Waals surface area contributed by atoms with Crippen LogP contribution in [-0.4, -0.2) is 32.9 Å². The molecule has 164 valence electrons. The molecule has 2 N–H and O–H groups in total. The number of hydrogen-bond donors (Lipinski definition) is 1. The molecule has 0 aliphatic carbocycles. The van der Waals surface area contributed by atoms with Crippen LogP contribution >= 0.6 is 11.3 Å². The number of ether oxygens (including phenoxy) is 1. The number of amides is 1. The van der Waals surface area contributed by atoms with Crippen molar-refractivity contribution in [3.05, 3.63) is 48.4 Å². The maximum atomic E-state index is 11.3. The number of thiazole rings is 1. The van der Waals surface area contributed by atoms with Crippen molar-refractivity contribution in [3.8, 4) is 10.9 Å². The number of nitrogens with two attached hydrogens (primary N) is 1. The van der Waals surface area contributed by atoms with Gasteiger partial charge < -0.3 is 14.9 Å². The smallest absolute Gasteiger partial charge is 0.281 e. The van der Waals surface area contributed by atoms with Crippen LogP contribution in [0, 0.1) is 5.92 Å². The van der Waals surface area contributed by atoms with E-state index < -0.39 is 0 Å². The Morgan fingerprint density at radius 1 is 1.22 bits per heavy atom. The van der Waals surface area contributed by atoms with E-state index in [1.165, 1.54) is 24.2 Å². The molecule has 2 aliphatic rings. The Morgan fingerprint density at radius 2 is 2.06 bits per heavy atom. The molecule has 0 spiro atoms. The summed E-state index contributed by atoms with van der Waals surface area (Å²) in [5, 5.41) is 1.63. The third-order valence-corrected chi connectivity index (χ3v) is 7.59. The number of nitrogens with zero attached hydrogens (tertiary/aromatic N) is 3. The number of piperidine rings is 1. The van der Waals surface area contributed by atoms with Gasteiger partial charge in [0.15, 0.2) is 5.65 Å². The number of benzene rings is 1. The fourth-order valence-electron chi connectivity index (χ4n) is 5.38. The summed E-state index contributed by atoms with van der Waals surface area (Å²) in [5.41, 5.74) is 6.94. The minimum absolute atomic E-state index is 0.180. The lowest BCUT2D eigenvalue weighted by atomic mass is 9.88. The lowest BCUT2D eigenvalue weighted by molar-refractivity contribution is -0.119. The van der Waals surface area contributed by atoms with E-state index in [9.17, 15) is 4.79 Å². The van der Waals surface area contributed by atoms with Crippen LogP contribution in [0.4, 0.5) is 0 Å². The highest BCUT2D eigenvalue weighted by molar-refractivity contribution is 7.20. The van der Waals surface area contributed by atoms with Gasteiger partial charge in [-0.1, -0.05) is 11.3 Å². The molecule has 0 radical (unpaired) electrons. The zero-order chi connectivity index (χ0) is 21.7. The van der Waals surface area contributed by atoms with Crippen molar-refractivity contribution in [1.82, 2.24) is 14.9 Å². The highest BCUT2D eigenvalue weighted by Gasteiger charge is 2.41. The van der Waals surface area contributed by atoms with Crippen molar-refractivity contribution in [3.63, 3.8) is 0 Å². The Balaban J connectivity index is 1.17. The Kier molecular flexibility index (Phi) is 4.84. The Bertz CT molecular complexity index is 1250. The first-order chi connectivity index (χ1) is 15.6. The zero-order valence-electron chi connectivity index (χ0n) is 17.6. The predicted octanol–water partition coefficient (Wildman–Crippen LogP) is 4.85. The third kappa shape index (κ3) is 3.73. The van der Waals surface area contributed by atoms with Gasteiger partial charge in [0.25, 0.3) is 5.19 Å². The lowest BCUT2D eigenvalue weighted by Gasteiger charge is -2.38. The second-order valence-corrected chi connectivity index (χ2v) is 9.88. The number of fused-ring (bicyclic) bond motifs is 4. The summed E-state index contributed by atoms with van der Waals surface area (Å²) in [6.07, 6.45) is 6.72. The van der Waals surface area contributed by atoms with Gasteiger partial charge in [-0.3, -0.25) is 9.69 Å². The summed E-state index contributed by atoms with van der Waals surface area (Å²) in [4.78, 5) is 22.6. The standard InChI is InChI=1S/C24H24N4O3S/c25-22(29)10-14-8-16-4-5-17(9-14)28(16)13-19-11-15-3-6-18(12-20(15)30-19)31-24-27-23-21(32-24)2-1-7-26-23/h1-3,6-7,11-12,14,16-17H,4-5,8-10,13H2,(H2,25,29)/t14?,16-,17+. The first-order valence-corrected chi connectivity index (χ1v) is 11.9. The molecular weight excluding hydrogens is 424 g/mol. The molecule has 5 heterocycles. The van der Waals surface area contributed by atoms with Gasteiger partial charge in [-0.05, 0) is 61.9 Å². The molecule has 3 atom stereocenters. The van der Waals surface area contributed by atoms with Gasteiger partial charge in [0.1, 0.15) is 17.1 Å². The third-order valence-electron chi connectivity index (χ3n) is 6.70. The maximum Gasteiger partial charge on any atom is 0.281 e. The van der Waals surface area contributed by atoms with Gasteiger partial charge >= 0.3 is 0 Å². The molecule has 2 aliphatic heterocycles. The van der Waals surface area contributed by atoms with Crippen molar-refractivity contribution in [2.45, 2.75) is 50.7 Å². The van der Waals surface area contributed by atoms with Crippen LogP contribution in [-0.2, 0) is 11.3 Å². The van der Waals surface area contributed by atoms with Crippen molar-refractivity contribution in [2.75, 3.05) is 0 Å². The van der Waals surface area contributed by atoms with Crippen LogP contribution in [0.15, 0.2) is 47.0 Å². The minimum Gasteiger partial charge on any atom is -0.460 e. The Labute approximate surface area is 189 Å². The Morgan fingerprint density at radius 3 is 2.84 bits per heavy atom. The summed E-state index contributed by atoms with van der Waals surface area (Å²) < 4.78 is 13.2. The summed E-state index contributed by atoms with van der Waals surface area (Å²) in [7, 11) is 0. The van der Waals surface area contributed by atoms with E-state index >= 15 is 0 Å². The number of primary amides is 1. The Hall–Kier alpha value is -2.97. The monoisotopic (exact) mass is 448 g/mol. The molecule has 1 amide bonds. The second-order valence-electron chi connectivity index (χ2n) is 8.88. The largest absolute Gasteiger partial charge is 0.460 e. The molecule has 1 unspecified atom stereocenters. The zero-order valence-corrected chi connectivity index (χ0v) is 18.4. The molecule has 2 fully saturated rings. The van der Waals surface area contributed by atoms with Crippen molar-refractivity contribution in [1.29, 1.82) is 0 Å². The van der Waals surface area contributed by atoms with E-state index in [4.69, 9.17) is 14.9 Å². The average molecular weight is 449 g/mol. The molecule has 4 aromatic rings. The van der Waals surface area contributed by atoms with Crippen molar-refractivity contribution >= 4 is 38.6 Å². The highest BCUT2D eigenvalue weighted by Crippen LogP contribution is 2.41. The van der Waals surface area contributed by atoms with E-state index in [1.807, 2.05) is 30.3 Å². The molecule has 3 aromatic heterocycles. The van der Waals surface area contributed by atoms with Gasteiger partial charge in [-0.2, -0.15) is 4.98 Å². The van der Waals surface area contributed by atoms with Crippen LogP contribution < -0.4 is 10.5 Å². The maximum absolute atomic E-state index is 11.3. The van der Waals surface area contributed by atoms with Gasteiger partial charge in [0, 0.05) is 36.2 Å².